The number of aliphatic imine (C=N–C) groups is 1. The SMILES string of the molecule is CCc1ccc(-c2nn3c(c2C(=O)N[C@H]2N=C(c4ccccc4)c4cccc(F)c4NC2=O)O[C@H](C)CC3)cn1. The zero-order valence-corrected chi connectivity index (χ0v) is 22.0. The van der Waals surface area contributed by atoms with Gasteiger partial charge >= 0.3 is 0 Å². The van der Waals surface area contributed by atoms with Crippen LogP contribution in [0.15, 0.2) is 71.9 Å². The molecule has 2 aromatic heterocycles. The first-order chi connectivity index (χ1) is 19.4. The van der Waals surface area contributed by atoms with Crippen molar-refractivity contribution in [1.82, 2.24) is 20.1 Å². The fraction of sp³-hybridized carbons (Fsp3) is 0.233. The molecule has 0 bridgehead atoms. The molecule has 4 aromatic rings. The molecule has 2 aliphatic rings. The molecule has 9 nitrogen and oxygen atoms in total. The van der Waals surface area contributed by atoms with Gasteiger partial charge in [-0.3, -0.25) is 14.6 Å². The van der Waals surface area contributed by atoms with Crippen molar-refractivity contribution in [2.75, 3.05) is 5.32 Å². The maximum Gasteiger partial charge on any atom is 0.269 e. The summed E-state index contributed by atoms with van der Waals surface area (Å²) in [6.07, 6.45) is 1.72. The molecule has 6 rings (SSSR count). The lowest BCUT2D eigenvalue weighted by Crippen LogP contribution is -2.42. The van der Waals surface area contributed by atoms with Crippen molar-refractivity contribution < 1.29 is 18.7 Å². The summed E-state index contributed by atoms with van der Waals surface area (Å²) in [5, 5.41) is 10.0. The Morgan fingerprint density at radius 2 is 1.95 bits per heavy atom. The van der Waals surface area contributed by atoms with Gasteiger partial charge in [0.2, 0.25) is 12.0 Å². The summed E-state index contributed by atoms with van der Waals surface area (Å²) in [4.78, 5) is 36.3. The molecule has 2 N–H and O–H groups in total. The van der Waals surface area contributed by atoms with Crippen LogP contribution in [0.4, 0.5) is 10.1 Å². The van der Waals surface area contributed by atoms with E-state index >= 15 is 0 Å². The van der Waals surface area contributed by atoms with Crippen molar-refractivity contribution in [3.63, 3.8) is 0 Å². The van der Waals surface area contributed by atoms with Crippen LogP contribution in [0, 0.1) is 5.82 Å². The summed E-state index contributed by atoms with van der Waals surface area (Å²) >= 11 is 0. The second-order valence-corrected chi connectivity index (χ2v) is 9.73. The second-order valence-electron chi connectivity index (χ2n) is 9.73. The van der Waals surface area contributed by atoms with Crippen LogP contribution in [0.3, 0.4) is 0 Å². The number of fused-ring (bicyclic) bond motifs is 2. The molecular formula is C30H27FN6O3. The molecule has 0 unspecified atom stereocenters. The molecule has 10 heteroatoms. The van der Waals surface area contributed by atoms with E-state index in [1.807, 2.05) is 56.3 Å². The number of aryl methyl sites for hydroxylation is 2. The molecular weight excluding hydrogens is 511 g/mol. The number of carbonyl (C=O) groups is 2. The number of anilines is 1. The molecule has 0 spiro atoms. The van der Waals surface area contributed by atoms with Gasteiger partial charge in [-0.15, -0.1) is 0 Å². The van der Waals surface area contributed by atoms with Gasteiger partial charge in [0, 0.05) is 41.5 Å². The molecule has 4 heterocycles. The molecule has 2 atom stereocenters. The maximum atomic E-state index is 14.9. The average Bonchev–Trinajstić information content (AvgIpc) is 3.28. The highest BCUT2D eigenvalue weighted by molar-refractivity contribution is 6.20. The van der Waals surface area contributed by atoms with Gasteiger partial charge in [0.25, 0.3) is 11.8 Å². The van der Waals surface area contributed by atoms with Crippen LogP contribution in [0.5, 0.6) is 5.88 Å². The molecule has 202 valence electrons. The number of pyridine rings is 1. The van der Waals surface area contributed by atoms with E-state index in [1.165, 1.54) is 6.07 Å². The van der Waals surface area contributed by atoms with Crippen molar-refractivity contribution >= 4 is 23.2 Å². The topological polar surface area (TPSA) is 110 Å². The highest BCUT2D eigenvalue weighted by Gasteiger charge is 2.34. The zero-order valence-electron chi connectivity index (χ0n) is 22.0. The Hall–Kier alpha value is -4.86. The number of halogens is 1. The van der Waals surface area contributed by atoms with Gasteiger partial charge in [0.05, 0.1) is 17.5 Å². The molecule has 0 saturated carbocycles. The first kappa shape index (κ1) is 25.4. The lowest BCUT2D eigenvalue weighted by atomic mass is 10.0. The van der Waals surface area contributed by atoms with Crippen molar-refractivity contribution in [3.05, 3.63) is 95.1 Å². The number of amides is 2. The van der Waals surface area contributed by atoms with Crippen molar-refractivity contribution in [1.29, 1.82) is 0 Å². The minimum atomic E-state index is -1.35. The molecule has 2 aliphatic heterocycles. The van der Waals surface area contributed by atoms with E-state index in [1.54, 1.807) is 23.0 Å². The summed E-state index contributed by atoms with van der Waals surface area (Å²) in [6.45, 7) is 4.51. The third-order valence-corrected chi connectivity index (χ3v) is 6.99. The number of hydrogen-bond acceptors (Lipinski definition) is 6. The van der Waals surface area contributed by atoms with Crippen LogP contribution in [-0.4, -0.2) is 44.6 Å². The quantitative estimate of drug-likeness (QED) is 0.392. The highest BCUT2D eigenvalue weighted by atomic mass is 19.1. The first-order valence-corrected chi connectivity index (χ1v) is 13.2. The largest absolute Gasteiger partial charge is 0.474 e. The van der Waals surface area contributed by atoms with Gasteiger partial charge in [-0.05, 0) is 31.5 Å². The first-order valence-electron chi connectivity index (χ1n) is 13.2. The summed E-state index contributed by atoms with van der Waals surface area (Å²) in [5.74, 6) is -1.54. The van der Waals surface area contributed by atoms with E-state index < -0.39 is 23.8 Å². The van der Waals surface area contributed by atoms with Crippen molar-refractivity contribution in [3.8, 4) is 17.1 Å². The lowest BCUT2D eigenvalue weighted by molar-refractivity contribution is -0.117. The number of ether oxygens (including phenoxy) is 1. The summed E-state index contributed by atoms with van der Waals surface area (Å²) < 4.78 is 22.6. The highest BCUT2D eigenvalue weighted by Crippen LogP contribution is 2.34. The number of nitrogens with zero attached hydrogens (tertiary/aromatic N) is 4. The lowest BCUT2D eigenvalue weighted by Gasteiger charge is -2.22. The van der Waals surface area contributed by atoms with Crippen molar-refractivity contribution in [2.24, 2.45) is 4.99 Å². The number of para-hydroxylation sites is 1. The number of hydrogen-bond donors (Lipinski definition) is 2. The standard InChI is InChI=1S/C30H27FN6O3/c1-3-20-13-12-19(16-32-20)25-23(30-37(36-25)15-14-17(2)40-30)28(38)35-27-29(39)34-26-21(10-7-11-22(26)31)24(33-27)18-8-5-4-6-9-18/h4-13,16-17,27H,3,14-15H2,1-2H3,(H,34,39)(H,35,38)/t17-,27-/m1/s1. The Labute approximate surface area is 230 Å². The molecule has 40 heavy (non-hydrogen) atoms. The number of aromatic nitrogens is 3. The molecule has 0 radical (unpaired) electrons. The van der Waals surface area contributed by atoms with E-state index in [0.717, 1.165) is 18.5 Å². The minimum Gasteiger partial charge on any atom is -0.474 e. The molecule has 2 aromatic carbocycles. The number of benzodiazepines with no additional fused rings is 1. The number of nitrogens with one attached hydrogen (secondary N) is 2. The van der Waals surface area contributed by atoms with Gasteiger partial charge < -0.3 is 15.4 Å². The van der Waals surface area contributed by atoms with E-state index in [2.05, 4.69) is 25.7 Å². The van der Waals surface area contributed by atoms with E-state index in [9.17, 15) is 14.0 Å². The van der Waals surface area contributed by atoms with E-state index in [0.29, 0.717) is 40.5 Å². The fourth-order valence-corrected chi connectivity index (χ4v) is 4.87. The summed E-state index contributed by atoms with van der Waals surface area (Å²) in [7, 11) is 0. The Kier molecular flexibility index (Phi) is 6.59. The molecule has 0 fully saturated rings. The summed E-state index contributed by atoms with van der Waals surface area (Å²) in [5.41, 5.74) is 3.62. The number of rotatable bonds is 5. The zero-order chi connectivity index (χ0) is 27.8. The van der Waals surface area contributed by atoms with Gasteiger partial charge in [-0.25, -0.2) is 14.1 Å². The van der Waals surface area contributed by atoms with Crippen LogP contribution in [-0.2, 0) is 17.8 Å². The van der Waals surface area contributed by atoms with E-state index in [4.69, 9.17) is 4.74 Å². The minimum absolute atomic E-state index is 0.00898. The van der Waals surface area contributed by atoms with Gasteiger partial charge in [-0.2, -0.15) is 5.10 Å². The van der Waals surface area contributed by atoms with Gasteiger partial charge in [0.1, 0.15) is 17.1 Å². The molecule has 0 aliphatic carbocycles. The third-order valence-electron chi connectivity index (χ3n) is 6.99. The Bertz CT molecular complexity index is 1630. The van der Waals surface area contributed by atoms with Gasteiger partial charge in [0.15, 0.2) is 0 Å². The van der Waals surface area contributed by atoms with Crippen LogP contribution in [0.1, 0.15) is 47.4 Å². The number of benzene rings is 2. The van der Waals surface area contributed by atoms with Crippen molar-refractivity contribution in [2.45, 2.75) is 45.5 Å². The molecule has 0 saturated heterocycles. The van der Waals surface area contributed by atoms with Gasteiger partial charge in [-0.1, -0.05) is 49.4 Å². The predicted octanol–water partition coefficient (Wildman–Crippen LogP) is 4.36. The number of carbonyl (C=O) groups excluding carboxylic acids is 2. The van der Waals surface area contributed by atoms with Crippen LogP contribution >= 0.6 is 0 Å². The monoisotopic (exact) mass is 538 g/mol. The normalized spacial score (nSPS) is 18.0. The average molecular weight is 539 g/mol. The van der Waals surface area contributed by atoms with Crippen LogP contribution in [0.2, 0.25) is 0 Å². The molecule has 2 amide bonds. The van der Waals surface area contributed by atoms with Crippen LogP contribution < -0.4 is 15.4 Å². The van der Waals surface area contributed by atoms with Crippen LogP contribution in [0.25, 0.3) is 11.3 Å². The Morgan fingerprint density at radius 1 is 1.12 bits per heavy atom. The fourth-order valence-electron chi connectivity index (χ4n) is 4.87. The Morgan fingerprint density at radius 3 is 2.70 bits per heavy atom. The second kappa shape index (κ2) is 10.4. The Balaban J connectivity index is 1.42. The van der Waals surface area contributed by atoms with E-state index in [-0.39, 0.29) is 17.4 Å². The maximum absolute atomic E-state index is 14.9. The smallest absolute Gasteiger partial charge is 0.269 e. The predicted molar refractivity (Wildman–Crippen MR) is 148 cm³/mol. The third kappa shape index (κ3) is 4.61. The summed E-state index contributed by atoms with van der Waals surface area (Å²) in [6, 6.07) is 17.4.